The fourth-order valence-corrected chi connectivity index (χ4v) is 3.74. The number of aliphatic hydroxyl groups excluding tert-OH is 1. The van der Waals surface area contributed by atoms with E-state index in [2.05, 4.69) is 20.9 Å². The number of hydrogen-bond donors (Lipinski definition) is 1. The van der Waals surface area contributed by atoms with Gasteiger partial charge in [-0.05, 0) is 18.2 Å². The van der Waals surface area contributed by atoms with Crippen LogP contribution in [0, 0.1) is 5.82 Å². The van der Waals surface area contributed by atoms with Crippen LogP contribution >= 0.6 is 0 Å². The van der Waals surface area contributed by atoms with Crippen LogP contribution in [0.15, 0.2) is 73.1 Å². The average molecular weight is 377 g/mol. The van der Waals surface area contributed by atoms with Crippen molar-refractivity contribution in [2.24, 2.45) is 0 Å². The van der Waals surface area contributed by atoms with E-state index in [4.69, 9.17) is 0 Å². The highest BCUT2D eigenvalue weighted by Gasteiger charge is 2.22. The molecular weight excluding hydrogens is 353 g/mol. The van der Waals surface area contributed by atoms with Gasteiger partial charge < -0.3 is 10.0 Å². The molecule has 144 valence electrons. The van der Waals surface area contributed by atoms with E-state index in [1.807, 2.05) is 42.5 Å². The highest BCUT2D eigenvalue weighted by molar-refractivity contribution is 5.56. The molecule has 3 aromatic rings. The first-order valence-corrected chi connectivity index (χ1v) is 9.60. The van der Waals surface area contributed by atoms with Crippen LogP contribution in [0.4, 0.5) is 10.1 Å². The molecule has 1 atom stereocenters. The SMILES string of the molecule is OC(c1cccnc1)c1ccccc1N1CCN(Cc2ccccc2F)CC1. The normalized spacial score (nSPS) is 16.1. The van der Waals surface area contributed by atoms with Crippen molar-refractivity contribution in [1.29, 1.82) is 0 Å². The summed E-state index contributed by atoms with van der Waals surface area (Å²) in [6.07, 6.45) is 2.70. The lowest BCUT2D eigenvalue weighted by atomic mass is 10.00. The zero-order chi connectivity index (χ0) is 19.3. The van der Waals surface area contributed by atoms with Crippen LogP contribution in [0.2, 0.25) is 0 Å². The van der Waals surface area contributed by atoms with E-state index in [9.17, 15) is 9.50 Å². The molecule has 2 aromatic carbocycles. The molecule has 4 rings (SSSR count). The van der Waals surface area contributed by atoms with E-state index in [1.54, 1.807) is 18.5 Å². The summed E-state index contributed by atoms with van der Waals surface area (Å²) in [6.45, 7) is 4.01. The molecular formula is C23H24FN3O. The maximum atomic E-state index is 13.9. The second-order valence-electron chi connectivity index (χ2n) is 7.10. The zero-order valence-corrected chi connectivity index (χ0v) is 15.7. The second kappa shape index (κ2) is 8.50. The first-order chi connectivity index (χ1) is 13.7. The smallest absolute Gasteiger partial charge is 0.127 e. The number of benzene rings is 2. The first-order valence-electron chi connectivity index (χ1n) is 9.60. The van der Waals surface area contributed by atoms with Crippen LogP contribution in [0.3, 0.4) is 0 Å². The van der Waals surface area contributed by atoms with Gasteiger partial charge in [-0.2, -0.15) is 0 Å². The Kier molecular flexibility index (Phi) is 5.65. The number of rotatable bonds is 5. The second-order valence-corrected chi connectivity index (χ2v) is 7.10. The summed E-state index contributed by atoms with van der Waals surface area (Å²) in [6, 6.07) is 18.7. The Hall–Kier alpha value is -2.76. The van der Waals surface area contributed by atoms with Crippen molar-refractivity contribution in [3.05, 3.63) is 95.6 Å². The molecule has 0 amide bonds. The Bertz CT molecular complexity index is 910. The predicted octanol–water partition coefficient (Wildman–Crippen LogP) is 3.62. The Morgan fingerprint density at radius 2 is 1.68 bits per heavy atom. The maximum absolute atomic E-state index is 13.9. The third-order valence-electron chi connectivity index (χ3n) is 5.30. The molecule has 0 radical (unpaired) electrons. The average Bonchev–Trinajstić information content (AvgIpc) is 2.76. The van der Waals surface area contributed by atoms with Crippen molar-refractivity contribution >= 4 is 5.69 Å². The fraction of sp³-hybridized carbons (Fsp3) is 0.261. The largest absolute Gasteiger partial charge is 0.384 e. The van der Waals surface area contributed by atoms with Gasteiger partial charge in [-0.15, -0.1) is 0 Å². The van der Waals surface area contributed by atoms with E-state index >= 15 is 0 Å². The van der Waals surface area contributed by atoms with Crippen LogP contribution in [0.25, 0.3) is 0 Å². The summed E-state index contributed by atoms with van der Waals surface area (Å²) < 4.78 is 13.9. The number of pyridine rings is 1. The standard InChI is InChI=1S/C23H24FN3O/c24-21-9-3-1-6-19(21)17-26-12-14-27(15-13-26)22-10-4-2-8-20(22)23(28)18-7-5-11-25-16-18/h1-11,16,23,28H,12-15,17H2. The van der Waals surface area contributed by atoms with Crippen LogP contribution < -0.4 is 4.90 Å². The molecule has 1 aromatic heterocycles. The van der Waals surface area contributed by atoms with Crippen molar-refractivity contribution in [2.75, 3.05) is 31.1 Å². The Labute approximate surface area is 164 Å². The van der Waals surface area contributed by atoms with E-state index in [1.165, 1.54) is 6.07 Å². The number of para-hydroxylation sites is 1. The first kappa shape index (κ1) is 18.6. The minimum Gasteiger partial charge on any atom is -0.384 e. The molecule has 1 aliphatic heterocycles. The zero-order valence-electron chi connectivity index (χ0n) is 15.7. The number of hydrogen-bond acceptors (Lipinski definition) is 4. The monoisotopic (exact) mass is 377 g/mol. The lowest BCUT2D eigenvalue weighted by Gasteiger charge is -2.37. The van der Waals surface area contributed by atoms with E-state index in [0.717, 1.165) is 48.6 Å². The molecule has 0 saturated carbocycles. The number of piperazine rings is 1. The fourth-order valence-electron chi connectivity index (χ4n) is 3.74. The lowest BCUT2D eigenvalue weighted by Crippen LogP contribution is -2.46. The number of halogens is 1. The molecule has 1 aliphatic rings. The molecule has 4 nitrogen and oxygen atoms in total. The highest BCUT2D eigenvalue weighted by atomic mass is 19.1. The summed E-state index contributed by atoms with van der Waals surface area (Å²) in [4.78, 5) is 8.69. The van der Waals surface area contributed by atoms with Gasteiger partial charge in [0.05, 0.1) is 0 Å². The summed E-state index contributed by atoms with van der Waals surface area (Å²) >= 11 is 0. The van der Waals surface area contributed by atoms with Crippen molar-refractivity contribution in [3.8, 4) is 0 Å². The van der Waals surface area contributed by atoms with Crippen LogP contribution in [-0.4, -0.2) is 41.2 Å². The Morgan fingerprint density at radius 1 is 0.929 bits per heavy atom. The Balaban J connectivity index is 1.46. The van der Waals surface area contributed by atoms with Crippen molar-refractivity contribution in [3.63, 3.8) is 0 Å². The summed E-state index contributed by atoms with van der Waals surface area (Å²) in [7, 11) is 0. The minimum atomic E-state index is -0.707. The molecule has 1 saturated heterocycles. The van der Waals surface area contributed by atoms with Crippen molar-refractivity contribution in [1.82, 2.24) is 9.88 Å². The summed E-state index contributed by atoms with van der Waals surface area (Å²) in [5.41, 5.74) is 3.46. The lowest BCUT2D eigenvalue weighted by molar-refractivity contribution is 0.218. The van der Waals surface area contributed by atoms with Crippen LogP contribution in [0.1, 0.15) is 22.8 Å². The van der Waals surface area contributed by atoms with Gasteiger partial charge in [-0.25, -0.2) is 4.39 Å². The van der Waals surface area contributed by atoms with Crippen LogP contribution in [-0.2, 0) is 6.54 Å². The quantitative estimate of drug-likeness (QED) is 0.737. The van der Waals surface area contributed by atoms with Gasteiger partial charge in [0, 0.05) is 67.5 Å². The van der Waals surface area contributed by atoms with Crippen molar-refractivity contribution in [2.45, 2.75) is 12.6 Å². The molecule has 28 heavy (non-hydrogen) atoms. The van der Waals surface area contributed by atoms with Crippen molar-refractivity contribution < 1.29 is 9.50 Å². The molecule has 1 unspecified atom stereocenters. The van der Waals surface area contributed by atoms with Gasteiger partial charge in [-0.1, -0.05) is 42.5 Å². The third-order valence-corrected chi connectivity index (χ3v) is 5.30. The molecule has 0 aliphatic carbocycles. The van der Waals surface area contributed by atoms with Gasteiger partial charge in [0.25, 0.3) is 0 Å². The Morgan fingerprint density at radius 3 is 2.43 bits per heavy atom. The summed E-state index contributed by atoms with van der Waals surface area (Å²) in [5, 5.41) is 10.9. The van der Waals surface area contributed by atoms with E-state index in [-0.39, 0.29) is 5.82 Å². The predicted molar refractivity (Wildman–Crippen MR) is 109 cm³/mol. The molecule has 0 spiro atoms. The minimum absolute atomic E-state index is 0.144. The number of nitrogens with zero attached hydrogens (tertiary/aromatic N) is 3. The number of aliphatic hydroxyl groups is 1. The van der Waals surface area contributed by atoms with Gasteiger partial charge in [-0.3, -0.25) is 9.88 Å². The van der Waals surface area contributed by atoms with E-state index in [0.29, 0.717) is 6.54 Å². The molecule has 1 N–H and O–H groups in total. The maximum Gasteiger partial charge on any atom is 0.127 e. The molecule has 5 heteroatoms. The van der Waals surface area contributed by atoms with Gasteiger partial charge in [0.15, 0.2) is 0 Å². The molecule has 1 fully saturated rings. The van der Waals surface area contributed by atoms with Gasteiger partial charge in [0.1, 0.15) is 11.9 Å². The third kappa shape index (κ3) is 4.06. The van der Waals surface area contributed by atoms with Gasteiger partial charge in [0.2, 0.25) is 0 Å². The molecule has 0 bridgehead atoms. The number of aromatic nitrogens is 1. The van der Waals surface area contributed by atoms with Gasteiger partial charge >= 0.3 is 0 Å². The molecule has 2 heterocycles. The topological polar surface area (TPSA) is 39.6 Å². The summed E-state index contributed by atoms with van der Waals surface area (Å²) in [5.74, 6) is -0.144. The van der Waals surface area contributed by atoms with Crippen LogP contribution in [0.5, 0.6) is 0 Å². The highest BCUT2D eigenvalue weighted by Crippen LogP contribution is 2.31. The number of anilines is 1. The van der Waals surface area contributed by atoms with E-state index < -0.39 is 6.10 Å².